The predicted molar refractivity (Wildman–Crippen MR) is 135 cm³/mol. The normalized spacial score (nSPS) is 25.0. The van der Waals surface area contributed by atoms with Gasteiger partial charge in [-0.15, -0.1) is 0 Å². The van der Waals surface area contributed by atoms with Crippen LogP contribution in [0.25, 0.3) is 0 Å². The molecule has 2 aromatic rings. The molecule has 2 heterocycles. The van der Waals surface area contributed by atoms with Crippen molar-refractivity contribution in [2.24, 2.45) is 5.92 Å². The van der Waals surface area contributed by atoms with Gasteiger partial charge >= 0.3 is 11.9 Å². The van der Waals surface area contributed by atoms with Crippen molar-refractivity contribution >= 4 is 23.5 Å². The van der Waals surface area contributed by atoms with Gasteiger partial charge in [0.05, 0.1) is 24.3 Å². The minimum Gasteiger partial charge on any atom is -0.494 e. The van der Waals surface area contributed by atoms with Gasteiger partial charge in [0.15, 0.2) is 6.10 Å². The highest BCUT2D eigenvalue weighted by Gasteiger charge is 2.48. The zero-order valence-corrected chi connectivity index (χ0v) is 22.1. The van der Waals surface area contributed by atoms with Gasteiger partial charge < -0.3 is 23.7 Å². The standard InChI is InChI=1S/C28H33ClO7/c1-6-32-21-9-7-19(8-10-21)13-20-14-23(22-11-12-33-26(22)24(20)29)27-28(36-18(5)31)25(35-17(4)30)15(2)16(3)34-27/h7-10,14-16,25,27-28H,6,11-13H2,1-5H3/t15-,16?,25+,27+,28-/m1/s1. The first-order valence-electron chi connectivity index (χ1n) is 12.4. The van der Waals surface area contributed by atoms with Crippen molar-refractivity contribution in [3.8, 4) is 11.5 Å². The fourth-order valence-electron chi connectivity index (χ4n) is 4.99. The van der Waals surface area contributed by atoms with Crippen LogP contribution in [-0.4, -0.2) is 43.5 Å². The molecule has 0 radical (unpaired) electrons. The van der Waals surface area contributed by atoms with E-state index in [0.717, 1.165) is 28.0 Å². The molecule has 194 valence electrons. The molecule has 0 spiro atoms. The third-order valence-corrected chi connectivity index (χ3v) is 7.23. The number of hydrogen-bond donors (Lipinski definition) is 0. The summed E-state index contributed by atoms with van der Waals surface area (Å²) in [7, 11) is 0. The lowest BCUT2D eigenvalue weighted by Crippen LogP contribution is -2.52. The first kappa shape index (κ1) is 26.3. The maximum atomic E-state index is 12.1. The van der Waals surface area contributed by atoms with Gasteiger partial charge in [0.2, 0.25) is 0 Å². The largest absolute Gasteiger partial charge is 0.494 e. The molecule has 0 aromatic heterocycles. The summed E-state index contributed by atoms with van der Waals surface area (Å²) in [5.74, 6) is 0.372. The lowest BCUT2D eigenvalue weighted by molar-refractivity contribution is -0.222. The topological polar surface area (TPSA) is 80.3 Å². The second-order valence-corrected chi connectivity index (χ2v) is 9.75. The smallest absolute Gasteiger partial charge is 0.303 e. The van der Waals surface area contributed by atoms with Gasteiger partial charge in [-0.1, -0.05) is 36.7 Å². The number of carbonyl (C=O) groups excluding carboxylic acids is 2. The Labute approximate surface area is 217 Å². The maximum Gasteiger partial charge on any atom is 0.303 e. The van der Waals surface area contributed by atoms with Gasteiger partial charge in [-0.3, -0.25) is 9.59 Å². The van der Waals surface area contributed by atoms with E-state index in [-0.39, 0.29) is 12.0 Å². The molecule has 1 unspecified atom stereocenters. The third kappa shape index (κ3) is 5.47. The highest BCUT2D eigenvalue weighted by Crippen LogP contribution is 2.46. The number of esters is 2. The Morgan fingerprint density at radius 1 is 1.06 bits per heavy atom. The number of fused-ring (bicyclic) bond motifs is 1. The molecular weight excluding hydrogens is 484 g/mol. The molecule has 36 heavy (non-hydrogen) atoms. The molecule has 5 atom stereocenters. The average molecular weight is 517 g/mol. The van der Waals surface area contributed by atoms with Crippen molar-refractivity contribution in [2.45, 2.75) is 71.9 Å². The number of halogens is 1. The van der Waals surface area contributed by atoms with Gasteiger partial charge in [0, 0.05) is 31.7 Å². The van der Waals surface area contributed by atoms with E-state index in [4.69, 9.17) is 35.3 Å². The maximum absolute atomic E-state index is 12.1. The first-order chi connectivity index (χ1) is 17.2. The molecule has 0 aliphatic carbocycles. The summed E-state index contributed by atoms with van der Waals surface area (Å²) in [6, 6.07) is 9.90. The molecule has 4 rings (SSSR count). The van der Waals surface area contributed by atoms with E-state index < -0.39 is 30.3 Å². The van der Waals surface area contributed by atoms with Gasteiger partial charge in [0.1, 0.15) is 23.7 Å². The van der Waals surface area contributed by atoms with Crippen LogP contribution < -0.4 is 9.47 Å². The third-order valence-electron chi connectivity index (χ3n) is 6.81. The van der Waals surface area contributed by atoms with Crippen molar-refractivity contribution in [3.05, 3.63) is 57.6 Å². The molecule has 0 N–H and O–H groups in total. The minimum absolute atomic E-state index is 0.172. The van der Waals surface area contributed by atoms with Crippen LogP contribution in [0.2, 0.25) is 5.02 Å². The van der Waals surface area contributed by atoms with E-state index in [1.165, 1.54) is 13.8 Å². The summed E-state index contributed by atoms with van der Waals surface area (Å²) < 4.78 is 29.4. The number of hydrogen-bond acceptors (Lipinski definition) is 7. The summed E-state index contributed by atoms with van der Waals surface area (Å²) in [6.45, 7) is 9.62. The zero-order chi connectivity index (χ0) is 26.0. The van der Waals surface area contributed by atoms with E-state index in [1.54, 1.807) is 0 Å². The van der Waals surface area contributed by atoms with Crippen LogP contribution in [0.4, 0.5) is 0 Å². The second kappa shape index (κ2) is 11.1. The molecule has 1 fully saturated rings. The lowest BCUT2D eigenvalue weighted by Gasteiger charge is -2.44. The van der Waals surface area contributed by atoms with Crippen LogP contribution in [0.3, 0.4) is 0 Å². The number of ether oxygens (including phenoxy) is 5. The summed E-state index contributed by atoms with van der Waals surface area (Å²) in [5.41, 5.74) is 3.71. The molecule has 0 bridgehead atoms. The lowest BCUT2D eigenvalue weighted by atomic mass is 9.83. The molecule has 2 aromatic carbocycles. The predicted octanol–water partition coefficient (Wildman–Crippen LogP) is 5.22. The highest BCUT2D eigenvalue weighted by molar-refractivity contribution is 6.33. The van der Waals surface area contributed by atoms with Crippen LogP contribution in [0, 0.1) is 5.92 Å². The molecule has 2 aliphatic heterocycles. The zero-order valence-electron chi connectivity index (χ0n) is 21.3. The Balaban J connectivity index is 1.76. The minimum atomic E-state index is -0.804. The van der Waals surface area contributed by atoms with E-state index in [2.05, 4.69) is 0 Å². The van der Waals surface area contributed by atoms with Gasteiger partial charge in [-0.2, -0.15) is 0 Å². The molecule has 8 heteroatoms. The van der Waals surface area contributed by atoms with Gasteiger partial charge in [-0.25, -0.2) is 0 Å². The summed E-state index contributed by atoms with van der Waals surface area (Å²) >= 11 is 6.82. The van der Waals surface area contributed by atoms with Gasteiger partial charge in [-0.05, 0) is 49.1 Å². The Morgan fingerprint density at radius 3 is 2.36 bits per heavy atom. The van der Waals surface area contributed by atoms with Crippen molar-refractivity contribution < 1.29 is 33.3 Å². The highest BCUT2D eigenvalue weighted by atomic mass is 35.5. The quantitative estimate of drug-likeness (QED) is 0.466. The van der Waals surface area contributed by atoms with E-state index in [0.29, 0.717) is 36.8 Å². The first-order valence-corrected chi connectivity index (χ1v) is 12.8. The number of rotatable bonds is 7. The monoisotopic (exact) mass is 516 g/mol. The Hall–Kier alpha value is -2.77. The van der Waals surface area contributed by atoms with Crippen LogP contribution in [0.5, 0.6) is 11.5 Å². The van der Waals surface area contributed by atoms with Crippen molar-refractivity contribution in [3.63, 3.8) is 0 Å². The van der Waals surface area contributed by atoms with E-state index >= 15 is 0 Å². The van der Waals surface area contributed by atoms with Gasteiger partial charge in [0.25, 0.3) is 0 Å². The molecule has 0 amide bonds. The van der Waals surface area contributed by atoms with Crippen molar-refractivity contribution in [2.75, 3.05) is 13.2 Å². The molecular formula is C28H33ClO7. The molecule has 2 aliphatic rings. The molecule has 7 nitrogen and oxygen atoms in total. The Kier molecular flexibility index (Phi) is 8.10. The molecule has 0 saturated carbocycles. The van der Waals surface area contributed by atoms with Crippen LogP contribution in [-0.2, 0) is 36.6 Å². The summed E-state index contributed by atoms with van der Waals surface area (Å²) in [5, 5.41) is 0.568. The van der Waals surface area contributed by atoms with E-state index in [1.807, 2.05) is 51.1 Å². The second-order valence-electron chi connectivity index (χ2n) is 9.37. The average Bonchev–Trinajstić information content (AvgIpc) is 3.32. The Morgan fingerprint density at radius 2 is 1.72 bits per heavy atom. The number of carbonyl (C=O) groups is 2. The van der Waals surface area contributed by atoms with Crippen LogP contribution in [0.15, 0.2) is 30.3 Å². The number of benzene rings is 2. The summed E-state index contributed by atoms with van der Waals surface area (Å²) in [4.78, 5) is 24.0. The van der Waals surface area contributed by atoms with Crippen molar-refractivity contribution in [1.82, 2.24) is 0 Å². The van der Waals surface area contributed by atoms with Crippen LogP contribution in [0.1, 0.15) is 63.0 Å². The molecule has 1 saturated heterocycles. The fraction of sp³-hybridized carbons (Fsp3) is 0.500. The van der Waals surface area contributed by atoms with E-state index in [9.17, 15) is 9.59 Å². The van der Waals surface area contributed by atoms with Crippen molar-refractivity contribution in [1.29, 1.82) is 0 Å². The SMILES string of the molecule is CCOc1ccc(Cc2cc([C@@H]3OC(C)[C@@H](C)[C@H](OC(C)=O)[C@H]3OC(C)=O)c3c(c2Cl)OCC3)cc1. The Bertz CT molecular complexity index is 1110. The summed E-state index contributed by atoms with van der Waals surface area (Å²) in [6.07, 6.45) is -1.11. The van der Waals surface area contributed by atoms with Crippen LogP contribution >= 0.6 is 11.6 Å². The fourth-order valence-corrected chi connectivity index (χ4v) is 5.28.